The molecule has 2 amide bonds. The summed E-state index contributed by atoms with van der Waals surface area (Å²) in [4.78, 5) is 42.0. The molecule has 0 saturated heterocycles. The first-order valence-electron chi connectivity index (χ1n) is 14.1. The van der Waals surface area contributed by atoms with Gasteiger partial charge < -0.3 is 30.0 Å². The lowest BCUT2D eigenvalue weighted by Crippen LogP contribution is -2.56. The predicted molar refractivity (Wildman–Crippen MR) is 165 cm³/mol. The molecule has 9 nitrogen and oxygen atoms in total. The fraction of sp³-hybridized carbons (Fsp3) is 0.382. The summed E-state index contributed by atoms with van der Waals surface area (Å²) in [5, 5.41) is 17.6. The Morgan fingerprint density at radius 2 is 1.28 bits per heavy atom. The minimum Gasteiger partial charge on any atom is -0.493 e. The van der Waals surface area contributed by atoms with Crippen molar-refractivity contribution in [3.63, 3.8) is 0 Å². The minimum absolute atomic E-state index is 0.289. The van der Waals surface area contributed by atoms with E-state index in [0.717, 1.165) is 22.3 Å². The molecular weight excluding hydrogens is 548 g/mol. The summed E-state index contributed by atoms with van der Waals surface area (Å²) < 4.78 is 16.6. The summed E-state index contributed by atoms with van der Waals surface area (Å²) in [5.74, 6) is -4.28. The third-order valence-corrected chi connectivity index (χ3v) is 8.18. The Balaban J connectivity index is 1.89. The van der Waals surface area contributed by atoms with Crippen LogP contribution in [0.4, 0.5) is 11.4 Å². The number of Topliss-reactive ketones (excluding diaryl/α,β-unsaturated/α-hetero) is 1. The van der Waals surface area contributed by atoms with Gasteiger partial charge in [0.05, 0.1) is 32.8 Å². The Morgan fingerprint density at radius 3 is 1.72 bits per heavy atom. The number of hydrogen-bond acceptors (Lipinski definition) is 7. The van der Waals surface area contributed by atoms with Crippen LogP contribution in [-0.2, 0) is 14.4 Å². The van der Waals surface area contributed by atoms with Gasteiger partial charge in [0.2, 0.25) is 17.6 Å². The summed E-state index contributed by atoms with van der Waals surface area (Å²) in [6, 6.07) is 14.4. The number of carbonyl (C=O) groups is 3. The van der Waals surface area contributed by atoms with Crippen LogP contribution in [0.1, 0.15) is 47.1 Å². The quantitative estimate of drug-likeness (QED) is 0.307. The Labute approximate surface area is 252 Å². The maximum atomic E-state index is 14.2. The minimum atomic E-state index is -1.78. The number of nitrogens with one attached hydrogen (secondary N) is 2. The molecule has 1 saturated carbocycles. The van der Waals surface area contributed by atoms with Crippen LogP contribution in [0.15, 0.2) is 48.5 Å². The molecular formula is C34H40N2O7. The van der Waals surface area contributed by atoms with Gasteiger partial charge in [-0.25, -0.2) is 0 Å². The van der Waals surface area contributed by atoms with E-state index in [9.17, 15) is 19.5 Å². The van der Waals surface area contributed by atoms with Crippen molar-refractivity contribution in [3.8, 4) is 17.2 Å². The molecule has 0 aromatic heterocycles. The first-order valence-corrected chi connectivity index (χ1v) is 14.1. The van der Waals surface area contributed by atoms with Crippen molar-refractivity contribution >= 4 is 29.0 Å². The van der Waals surface area contributed by atoms with Crippen molar-refractivity contribution in [3.05, 3.63) is 76.3 Å². The molecule has 0 heterocycles. The summed E-state index contributed by atoms with van der Waals surface area (Å²) in [5.41, 5.74) is 3.49. The van der Waals surface area contributed by atoms with Gasteiger partial charge in [-0.1, -0.05) is 35.4 Å². The molecule has 3 aromatic carbocycles. The van der Waals surface area contributed by atoms with E-state index < -0.39 is 41.0 Å². The summed E-state index contributed by atoms with van der Waals surface area (Å²) >= 11 is 0. The SMILES string of the molecule is COc1cc(C2C(C(=O)Nc3ccc(C)cc3C)C(=O)CC(C)(O)C2C(=O)Nc2ccc(C)cc2C)cc(OC)c1OC. The zero-order valence-electron chi connectivity index (χ0n) is 26.0. The van der Waals surface area contributed by atoms with E-state index in [2.05, 4.69) is 10.6 Å². The van der Waals surface area contributed by atoms with E-state index >= 15 is 0 Å². The highest BCUT2D eigenvalue weighted by Gasteiger charge is 2.56. The second-order valence-corrected chi connectivity index (χ2v) is 11.6. The Morgan fingerprint density at radius 1 is 0.791 bits per heavy atom. The van der Waals surface area contributed by atoms with E-state index in [4.69, 9.17) is 14.2 Å². The van der Waals surface area contributed by atoms with Gasteiger partial charge in [0.1, 0.15) is 11.7 Å². The second-order valence-electron chi connectivity index (χ2n) is 11.6. The van der Waals surface area contributed by atoms with Crippen LogP contribution in [0.3, 0.4) is 0 Å². The highest BCUT2D eigenvalue weighted by molar-refractivity contribution is 6.10. The summed E-state index contributed by atoms with van der Waals surface area (Å²) in [6.45, 7) is 9.11. The zero-order valence-corrected chi connectivity index (χ0v) is 26.0. The molecule has 1 aliphatic carbocycles. The number of aryl methyl sites for hydroxylation is 4. The standard InChI is InChI=1S/C34H40N2O7/c1-18-9-11-23(20(3)13-18)35-32(38)29-25(37)17-34(5,40)30(33(39)36-24-12-10-19(2)14-21(24)4)28(29)22-15-26(41-6)31(43-8)27(16-22)42-7/h9-16,28-30,40H,17H2,1-8H3,(H,35,38)(H,36,39). The highest BCUT2D eigenvalue weighted by Crippen LogP contribution is 2.50. The van der Waals surface area contributed by atoms with Gasteiger partial charge in [-0.3, -0.25) is 14.4 Å². The van der Waals surface area contributed by atoms with Crippen molar-refractivity contribution in [1.82, 2.24) is 0 Å². The summed E-state index contributed by atoms with van der Waals surface area (Å²) in [6.07, 6.45) is -0.385. The number of anilines is 2. The first kappa shape index (κ1) is 31.6. The molecule has 1 aliphatic rings. The average molecular weight is 589 g/mol. The van der Waals surface area contributed by atoms with Crippen molar-refractivity contribution in [1.29, 1.82) is 0 Å². The van der Waals surface area contributed by atoms with E-state index in [-0.39, 0.29) is 17.9 Å². The number of ether oxygens (including phenoxy) is 3. The number of amides is 2. The molecule has 4 unspecified atom stereocenters. The third kappa shape index (κ3) is 6.37. The fourth-order valence-electron chi connectivity index (χ4n) is 6.11. The molecule has 0 aliphatic heterocycles. The number of aliphatic hydroxyl groups is 1. The molecule has 0 spiro atoms. The number of hydrogen-bond donors (Lipinski definition) is 3. The predicted octanol–water partition coefficient (Wildman–Crippen LogP) is 5.26. The molecule has 3 N–H and O–H groups in total. The van der Waals surface area contributed by atoms with Crippen LogP contribution >= 0.6 is 0 Å². The molecule has 43 heavy (non-hydrogen) atoms. The fourth-order valence-corrected chi connectivity index (χ4v) is 6.11. The number of methoxy groups -OCH3 is 3. The van der Waals surface area contributed by atoms with Gasteiger partial charge in [-0.2, -0.15) is 0 Å². The van der Waals surface area contributed by atoms with E-state index in [0.29, 0.717) is 22.7 Å². The van der Waals surface area contributed by atoms with Crippen LogP contribution in [0.5, 0.6) is 17.2 Å². The molecule has 4 atom stereocenters. The van der Waals surface area contributed by atoms with E-state index in [1.54, 1.807) is 24.3 Å². The Hall–Kier alpha value is -4.37. The van der Waals surface area contributed by atoms with E-state index in [1.165, 1.54) is 28.3 Å². The van der Waals surface area contributed by atoms with Gasteiger partial charge in [0.25, 0.3) is 0 Å². The van der Waals surface area contributed by atoms with Crippen molar-refractivity contribution in [2.75, 3.05) is 32.0 Å². The van der Waals surface area contributed by atoms with Crippen LogP contribution in [0, 0.1) is 39.5 Å². The van der Waals surface area contributed by atoms with Gasteiger partial charge in [-0.05, 0) is 75.6 Å². The third-order valence-electron chi connectivity index (χ3n) is 8.18. The van der Waals surface area contributed by atoms with Crippen molar-refractivity contribution in [2.45, 2.75) is 52.6 Å². The van der Waals surface area contributed by atoms with Gasteiger partial charge >= 0.3 is 0 Å². The van der Waals surface area contributed by atoms with E-state index in [1.807, 2.05) is 52.0 Å². The first-order chi connectivity index (χ1) is 20.3. The lowest BCUT2D eigenvalue weighted by Gasteiger charge is -2.44. The van der Waals surface area contributed by atoms with Crippen LogP contribution in [-0.4, -0.2) is 49.6 Å². The molecule has 0 bridgehead atoms. The van der Waals surface area contributed by atoms with Crippen molar-refractivity contribution < 1.29 is 33.7 Å². The normalized spacial score (nSPS) is 21.6. The number of carbonyl (C=O) groups excluding carboxylic acids is 3. The lowest BCUT2D eigenvalue weighted by atomic mass is 9.61. The Bertz CT molecular complexity index is 1540. The average Bonchev–Trinajstić information content (AvgIpc) is 2.94. The number of ketones is 1. The molecule has 3 aromatic rings. The smallest absolute Gasteiger partial charge is 0.235 e. The molecule has 0 radical (unpaired) electrons. The summed E-state index contributed by atoms with van der Waals surface area (Å²) in [7, 11) is 4.38. The van der Waals surface area contributed by atoms with Crippen LogP contribution < -0.4 is 24.8 Å². The Kier molecular flexibility index (Phi) is 9.15. The highest BCUT2D eigenvalue weighted by atomic mass is 16.5. The zero-order chi connectivity index (χ0) is 31.6. The number of benzene rings is 3. The number of rotatable bonds is 8. The molecule has 1 fully saturated rings. The van der Waals surface area contributed by atoms with Crippen LogP contribution in [0.2, 0.25) is 0 Å². The van der Waals surface area contributed by atoms with Gasteiger partial charge in [-0.15, -0.1) is 0 Å². The maximum absolute atomic E-state index is 14.2. The molecule has 228 valence electrons. The van der Waals surface area contributed by atoms with Gasteiger partial charge in [0.15, 0.2) is 11.5 Å². The topological polar surface area (TPSA) is 123 Å². The second kappa shape index (κ2) is 12.5. The molecule has 4 rings (SSSR count). The maximum Gasteiger partial charge on any atom is 0.235 e. The van der Waals surface area contributed by atoms with Crippen LogP contribution in [0.25, 0.3) is 0 Å². The molecule has 9 heteroatoms. The monoisotopic (exact) mass is 588 g/mol. The lowest BCUT2D eigenvalue weighted by molar-refractivity contribution is -0.150. The largest absolute Gasteiger partial charge is 0.493 e. The van der Waals surface area contributed by atoms with Gasteiger partial charge in [0, 0.05) is 23.7 Å². The van der Waals surface area contributed by atoms with Crippen molar-refractivity contribution in [2.24, 2.45) is 11.8 Å².